The second kappa shape index (κ2) is 4.97. The molecule has 0 fully saturated rings. The summed E-state index contributed by atoms with van der Waals surface area (Å²) in [6.45, 7) is 0.997. The summed E-state index contributed by atoms with van der Waals surface area (Å²) in [6.07, 6.45) is 0. The van der Waals surface area contributed by atoms with Crippen molar-refractivity contribution in [2.75, 3.05) is 5.32 Å². The molecular formula is C14H10F2N2O2. The van der Waals surface area contributed by atoms with Gasteiger partial charge in [-0.15, -0.1) is 0 Å². The van der Waals surface area contributed by atoms with E-state index in [2.05, 4.69) is 10.3 Å². The number of anilines is 1. The van der Waals surface area contributed by atoms with Crippen molar-refractivity contribution in [3.05, 3.63) is 58.9 Å². The molecule has 0 atom stereocenters. The van der Waals surface area contributed by atoms with Gasteiger partial charge in [-0.2, -0.15) is 13.8 Å². The normalized spacial score (nSPS) is 13.1. The number of benzene rings is 1. The third kappa shape index (κ3) is 2.37. The van der Waals surface area contributed by atoms with Crippen molar-refractivity contribution < 1.29 is 18.3 Å². The van der Waals surface area contributed by atoms with Crippen LogP contribution in [0.1, 0.15) is 21.5 Å². The molecule has 1 amide bonds. The van der Waals surface area contributed by atoms with Crippen LogP contribution in [-0.4, -0.2) is 10.9 Å². The Bertz CT molecular complexity index is 689. The molecule has 102 valence electrons. The van der Waals surface area contributed by atoms with Crippen LogP contribution in [0.25, 0.3) is 0 Å². The summed E-state index contributed by atoms with van der Waals surface area (Å²) in [5, 5.41) is 2.36. The molecule has 0 unspecified atom stereocenters. The SMILES string of the molecule is O=C(Nc1ccc(F)nc1F)c1ccc2c(c1)COC2. The zero-order valence-electron chi connectivity index (χ0n) is 10.3. The van der Waals surface area contributed by atoms with Crippen molar-refractivity contribution in [2.45, 2.75) is 13.2 Å². The van der Waals surface area contributed by atoms with E-state index in [-0.39, 0.29) is 5.69 Å². The van der Waals surface area contributed by atoms with Crippen LogP contribution in [0.15, 0.2) is 30.3 Å². The molecule has 1 aromatic carbocycles. The van der Waals surface area contributed by atoms with Crippen molar-refractivity contribution in [1.82, 2.24) is 4.98 Å². The topological polar surface area (TPSA) is 51.2 Å². The third-order valence-electron chi connectivity index (χ3n) is 3.05. The highest BCUT2D eigenvalue weighted by Gasteiger charge is 2.15. The number of ether oxygens (including phenoxy) is 1. The summed E-state index contributed by atoms with van der Waals surface area (Å²) in [4.78, 5) is 15.0. The van der Waals surface area contributed by atoms with E-state index in [9.17, 15) is 13.6 Å². The molecule has 1 aliphatic rings. The number of nitrogens with zero attached hydrogens (tertiary/aromatic N) is 1. The molecule has 4 nitrogen and oxygen atoms in total. The lowest BCUT2D eigenvalue weighted by Crippen LogP contribution is -2.14. The van der Waals surface area contributed by atoms with E-state index in [1.807, 2.05) is 0 Å². The predicted molar refractivity (Wildman–Crippen MR) is 67.0 cm³/mol. The highest BCUT2D eigenvalue weighted by atomic mass is 19.1. The van der Waals surface area contributed by atoms with E-state index < -0.39 is 17.8 Å². The fourth-order valence-electron chi connectivity index (χ4n) is 2.01. The van der Waals surface area contributed by atoms with E-state index in [0.717, 1.165) is 23.3 Å². The summed E-state index contributed by atoms with van der Waals surface area (Å²) in [7, 11) is 0. The Morgan fingerprint density at radius 1 is 1.15 bits per heavy atom. The molecule has 20 heavy (non-hydrogen) atoms. The Balaban J connectivity index is 1.82. The van der Waals surface area contributed by atoms with Crippen LogP contribution >= 0.6 is 0 Å². The van der Waals surface area contributed by atoms with Crippen LogP contribution in [0.3, 0.4) is 0 Å². The molecule has 0 spiro atoms. The maximum atomic E-state index is 13.4. The van der Waals surface area contributed by atoms with Crippen LogP contribution in [0.4, 0.5) is 14.5 Å². The Hall–Kier alpha value is -2.34. The molecule has 6 heteroatoms. The molecule has 2 heterocycles. The van der Waals surface area contributed by atoms with Gasteiger partial charge in [0.1, 0.15) is 0 Å². The number of pyridine rings is 1. The fraction of sp³-hybridized carbons (Fsp3) is 0.143. The van der Waals surface area contributed by atoms with Gasteiger partial charge in [0.2, 0.25) is 11.9 Å². The number of rotatable bonds is 2. The van der Waals surface area contributed by atoms with Crippen LogP contribution in [0, 0.1) is 11.9 Å². The summed E-state index contributed by atoms with van der Waals surface area (Å²) in [6, 6.07) is 7.25. The molecule has 1 aliphatic heterocycles. The maximum Gasteiger partial charge on any atom is 0.255 e. The number of halogens is 2. The van der Waals surface area contributed by atoms with Gasteiger partial charge in [0.15, 0.2) is 0 Å². The van der Waals surface area contributed by atoms with Gasteiger partial charge >= 0.3 is 0 Å². The molecule has 3 rings (SSSR count). The van der Waals surface area contributed by atoms with E-state index >= 15 is 0 Å². The second-order valence-corrected chi connectivity index (χ2v) is 4.40. The van der Waals surface area contributed by atoms with E-state index in [1.54, 1.807) is 18.2 Å². The van der Waals surface area contributed by atoms with Crippen molar-refractivity contribution in [2.24, 2.45) is 0 Å². The highest BCUT2D eigenvalue weighted by Crippen LogP contribution is 2.21. The molecule has 1 N–H and O–H groups in total. The van der Waals surface area contributed by atoms with Crippen LogP contribution < -0.4 is 5.32 Å². The Labute approximate surface area is 113 Å². The number of hydrogen-bond donors (Lipinski definition) is 1. The molecule has 0 saturated heterocycles. The van der Waals surface area contributed by atoms with Gasteiger partial charge in [0.05, 0.1) is 18.9 Å². The van der Waals surface area contributed by atoms with Crippen molar-refractivity contribution in [1.29, 1.82) is 0 Å². The smallest absolute Gasteiger partial charge is 0.255 e. The van der Waals surface area contributed by atoms with Crippen molar-refractivity contribution in [3.63, 3.8) is 0 Å². The van der Waals surface area contributed by atoms with Gasteiger partial charge in [0.25, 0.3) is 5.91 Å². The standard InChI is InChI=1S/C14H10F2N2O2/c15-12-4-3-11(13(16)18-12)17-14(19)8-1-2-9-6-20-7-10(9)5-8/h1-5H,6-7H2,(H,17,19). The van der Waals surface area contributed by atoms with Crippen LogP contribution in [-0.2, 0) is 18.0 Å². The first-order valence-electron chi connectivity index (χ1n) is 5.96. The molecular weight excluding hydrogens is 266 g/mol. The monoisotopic (exact) mass is 276 g/mol. The first-order chi connectivity index (χ1) is 9.63. The minimum absolute atomic E-state index is 0.159. The van der Waals surface area contributed by atoms with Gasteiger partial charge in [0, 0.05) is 5.56 Å². The quantitative estimate of drug-likeness (QED) is 0.858. The lowest BCUT2D eigenvalue weighted by molar-refractivity contribution is 0.102. The van der Waals surface area contributed by atoms with Gasteiger partial charge in [-0.3, -0.25) is 4.79 Å². The predicted octanol–water partition coefficient (Wildman–Crippen LogP) is 2.64. The number of amides is 1. The highest BCUT2D eigenvalue weighted by molar-refractivity contribution is 6.04. The van der Waals surface area contributed by atoms with Gasteiger partial charge in [-0.05, 0) is 35.4 Å². The average molecular weight is 276 g/mol. The van der Waals surface area contributed by atoms with E-state index in [0.29, 0.717) is 18.8 Å². The number of aromatic nitrogens is 1. The Morgan fingerprint density at radius 3 is 2.75 bits per heavy atom. The largest absolute Gasteiger partial charge is 0.372 e. The molecule has 0 bridgehead atoms. The number of carbonyl (C=O) groups is 1. The summed E-state index contributed by atoms with van der Waals surface area (Å²) >= 11 is 0. The average Bonchev–Trinajstić information content (AvgIpc) is 2.89. The molecule has 2 aromatic rings. The number of carbonyl (C=O) groups excluding carboxylic acids is 1. The molecule has 0 saturated carbocycles. The summed E-state index contributed by atoms with van der Waals surface area (Å²) < 4.78 is 31.3. The van der Waals surface area contributed by atoms with Gasteiger partial charge in [-0.25, -0.2) is 0 Å². The third-order valence-corrected chi connectivity index (χ3v) is 3.05. The first-order valence-corrected chi connectivity index (χ1v) is 5.96. The fourth-order valence-corrected chi connectivity index (χ4v) is 2.01. The van der Waals surface area contributed by atoms with E-state index in [4.69, 9.17) is 4.74 Å². The number of nitrogens with one attached hydrogen (secondary N) is 1. The first kappa shape index (κ1) is 12.7. The number of fused-ring (bicyclic) bond motifs is 1. The van der Waals surface area contributed by atoms with E-state index in [1.165, 1.54) is 0 Å². The minimum Gasteiger partial charge on any atom is -0.372 e. The van der Waals surface area contributed by atoms with Crippen LogP contribution in [0.5, 0.6) is 0 Å². The molecule has 0 radical (unpaired) electrons. The maximum absolute atomic E-state index is 13.4. The second-order valence-electron chi connectivity index (χ2n) is 4.40. The van der Waals surface area contributed by atoms with Crippen molar-refractivity contribution in [3.8, 4) is 0 Å². The van der Waals surface area contributed by atoms with Crippen molar-refractivity contribution >= 4 is 11.6 Å². The molecule has 1 aromatic heterocycles. The van der Waals surface area contributed by atoms with Gasteiger partial charge in [-0.1, -0.05) is 6.07 Å². The van der Waals surface area contributed by atoms with Crippen LogP contribution in [0.2, 0.25) is 0 Å². The summed E-state index contributed by atoms with van der Waals surface area (Å²) in [5.41, 5.74) is 2.21. The lowest BCUT2D eigenvalue weighted by atomic mass is 10.1. The zero-order valence-corrected chi connectivity index (χ0v) is 10.3. The minimum atomic E-state index is -1.05. The Kier molecular flexibility index (Phi) is 3.15. The zero-order chi connectivity index (χ0) is 14.1. The Morgan fingerprint density at radius 2 is 1.95 bits per heavy atom. The summed E-state index contributed by atoms with van der Waals surface area (Å²) in [5.74, 6) is -2.47. The van der Waals surface area contributed by atoms with Gasteiger partial charge < -0.3 is 10.1 Å². The number of hydrogen-bond acceptors (Lipinski definition) is 3. The lowest BCUT2D eigenvalue weighted by Gasteiger charge is -2.07. The molecule has 0 aliphatic carbocycles.